The average molecular weight is 422 g/mol. The number of hydrogen-bond donors (Lipinski definition) is 1. The van der Waals surface area contributed by atoms with Gasteiger partial charge in [-0.05, 0) is 48.6 Å². The standard InChI is InChI=1S/C23H23N3O3S/c1-4-14(2)11-18-15(3)30-23-21(18)22(28)25-19(26-23)13-29-20(27)10-9-16-5-7-17(12-24)8-6-16/h5-10,14H,4,11,13H2,1-3H3,(H,25,26,28)/b10-9+/t14-/m0/s1. The van der Waals surface area contributed by atoms with Gasteiger partial charge in [0.1, 0.15) is 17.3 Å². The van der Waals surface area contributed by atoms with Crippen LogP contribution in [-0.4, -0.2) is 15.9 Å². The predicted molar refractivity (Wildman–Crippen MR) is 118 cm³/mol. The molecule has 3 rings (SSSR count). The van der Waals surface area contributed by atoms with Crippen molar-refractivity contribution in [3.8, 4) is 6.07 Å². The molecule has 2 heterocycles. The summed E-state index contributed by atoms with van der Waals surface area (Å²) in [5, 5.41) is 9.45. The number of ether oxygens (including phenoxy) is 1. The van der Waals surface area contributed by atoms with Crippen molar-refractivity contribution in [2.75, 3.05) is 0 Å². The summed E-state index contributed by atoms with van der Waals surface area (Å²) in [4.78, 5) is 33.7. The Morgan fingerprint density at radius 1 is 1.37 bits per heavy atom. The highest BCUT2D eigenvalue weighted by Crippen LogP contribution is 2.29. The van der Waals surface area contributed by atoms with Crippen LogP contribution in [0.4, 0.5) is 0 Å². The lowest BCUT2D eigenvalue weighted by atomic mass is 9.98. The molecule has 0 aliphatic rings. The molecule has 0 saturated heterocycles. The van der Waals surface area contributed by atoms with Gasteiger partial charge in [0.05, 0.1) is 17.0 Å². The third kappa shape index (κ3) is 5.02. The van der Waals surface area contributed by atoms with Gasteiger partial charge >= 0.3 is 5.97 Å². The lowest BCUT2D eigenvalue weighted by Crippen LogP contribution is -2.14. The minimum absolute atomic E-state index is 0.112. The molecule has 0 bridgehead atoms. The number of rotatable bonds is 7. The molecule has 0 unspecified atom stereocenters. The molecule has 0 amide bonds. The fourth-order valence-corrected chi connectivity index (χ4v) is 4.12. The number of aromatic amines is 1. The summed E-state index contributed by atoms with van der Waals surface area (Å²) in [5.74, 6) is 0.273. The summed E-state index contributed by atoms with van der Waals surface area (Å²) in [5.41, 5.74) is 2.20. The lowest BCUT2D eigenvalue weighted by Gasteiger charge is -2.08. The van der Waals surface area contributed by atoms with Crippen LogP contribution in [0.3, 0.4) is 0 Å². The number of hydrogen-bond acceptors (Lipinski definition) is 6. The molecule has 0 aliphatic heterocycles. The normalized spacial score (nSPS) is 12.2. The molecule has 0 aliphatic carbocycles. The number of thiophene rings is 1. The van der Waals surface area contributed by atoms with E-state index in [9.17, 15) is 9.59 Å². The molecular weight excluding hydrogens is 398 g/mol. The number of carbonyl (C=O) groups is 1. The average Bonchev–Trinajstić information content (AvgIpc) is 3.06. The smallest absolute Gasteiger partial charge is 0.331 e. The number of H-pyrrole nitrogens is 1. The maximum atomic E-state index is 12.6. The molecular formula is C23H23N3O3S. The number of benzene rings is 1. The maximum absolute atomic E-state index is 12.6. The Hall–Kier alpha value is -3.24. The van der Waals surface area contributed by atoms with Crippen LogP contribution in [0.2, 0.25) is 0 Å². The van der Waals surface area contributed by atoms with E-state index in [1.165, 1.54) is 17.4 Å². The van der Waals surface area contributed by atoms with Crippen LogP contribution in [0.5, 0.6) is 0 Å². The molecule has 2 aromatic heterocycles. The first-order valence-corrected chi connectivity index (χ1v) is 10.6. The van der Waals surface area contributed by atoms with Crippen LogP contribution in [-0.2, 0) is 22.6 Å². The minimum Gasteiger partial charge on any atom is -0.454 e. The fourth-order valence-electron chi connectivity index (χ4n) is 3.05. The Kier molecular flexibility index (Phi) is 6.80. The van der Waals surface area contributed by atoms with E-state index in [0.29, 0.717) is 27.5 Å². The second-order valence-electron chi connectivity index (χ2n) is 7.22. The van der Waals surface area contributed by atoms with Gasteiger partial charge in [0, 0.05) is 11.0 Å². The molecule has 0 radical (unpaired) electrons. The Balaban J connectivity index is 1.70. The third-order valence-corrected chi connectivity index (χ3v) is 6.01. The molecule has 0 fully saturated rings. The number of esters is 1. The number of carbonyl (C=O) groups excluding carboxylic acids is 1. The zero-order valence-corrected chi connectivity index (χ0v) is 18.0. The molecule has 6 nitrogen and oxygen atoms in total. The molecule has 154 valence electrons. The molecule has 0 spiro atoms. The summed E-state index contributed by atoms with van der Waals surface area (Å²) >= 11 is 1.50. The Labute approximate surface area is 178 Å². The molecule has 1 atom stereocenters. The van der Waals surface area contributed by atoms with Crippen LogP contribution in [0.25, 0.3) is 16.3 Å². The van der Waals surface area contributed by atoms with Crippen molar-refractivity contribution < 1.29 is 9.53 Å². The van der Waals surface area contributed by atoms with Crippen molar-refractivity contribution in [3.05, 3.63) is 68.1 Å². The Bertz CT molecular complexity index is 1180. The van der Waals surface area contributed by atoms with Gasteiger partial charge in [0.2, 0.25) is 0 Å². The van der Waals surface area contributed by atoms with Gasteiger partial charge in [-0.1, -0.05) is 32.4 Å². The van der Waals surface area contributed by atoms with Crippen LogP contribution < -0.4 is 5.56 Å². The Morgan fingerprint density at radius 3 is 2.77 bits per heavy atom. The second-order valence-corrected chi connectivity index (χ2v) is 8.43. The van der Waals surface area contributed by atoms with Gasteiger partial charge in [-0.25, -0.2) is 9.78 Å². The van der Waals surface area contributed by atoms with E-state index in [1.807, 2.05) is 13.0 Å². The van der Waals surface area contributed by atoms with Gasteiger partial charge < -0.3 is 9.72 Å². The highest BCUT2D eigenvalue weighted by molar-refractivity contribution is 7.18. The van der Waals surface area contributed by atoms with E-state index in [1.54, 1.807) is 30.3 Å². The summed E-state index contributed by atoms with van der Waals surface area (Å²) in [6, 6.07) is 8.87. The summed E-state index contributed by atoms with van der Waals surface area (Å²) in [6.45, 7) is 6.21. The molecule has 7 heteroatoms. The number of aryl methyl sites for hydroxylation is 1. The van der Waals surface area contributed by atoms with E-state index in [2.05, 4.69) is 23.8 Å². The summed E-state index contributed by atoms with van der Waals surface area (Å²) < 4.78 is 5.21. The van der Waals surface area contributed by atoms with E-state index < -0.39 is 5.97 Å². The summed E-state index contributed by atoms with van der Waals surface area (Å²) in [7, 11) is 0. The topological polar surface area (TPSA) is 95.8 Å². The van der Waals surface area contributed by atoms with Crippen molar-refractivity contribution in [1.29, 1.82) is 5.26 Å². The van der Waals surface area contributed by atoms with E-state index >= 15 is 0 Å². The number of fused-ring (bicyclic) bond motifs is 1. The van der Waals surface area contributed by atoms with Crippen molar-refractivity contribution in [1.82, 2.24) is 9.97 Å². The molecule has 3 aromatic rings. The SMILES string of the molecule is CC[C@H](C)Cc1c(C)sc2nc(COC(=O)/C=C/c3ccc(C#N)cc3)[nH]c(=O)c12. The van der Waals surface area contributed by atoms with Crippen molar-refractivity contribution in [3.63, 3.8) is 0 Å². The minimum atomic E-state index is -0.540. The maximum Gasteiger partial charge on any atom is 0.331 e. The highest BCUT2D eigenvalue weighted by atomic mass is 32.1. The van der Waals surface area contributed by atoms with Gasteiger partial charge in [0.25, 0.3) is 5.56 Å². The van der Waals surface area contributed by atoms with Crippen LogP contribution in [0, 0.1) is 24.2 Å². The number of nitriles is 1. The number of nitrogens with one attached hydrogen (secondary N) is 1. The first kappa shape index (κ1) is 21.5. The van der Waals surface area contributed by atoms with Gasteiger partial charge in [-0.2, -0.15) is 5.26 Å². The number of aromatic nitrogens is 2. The molecule has 0 saturated carbocycles. The van der Waals surface area contributed by atoms with E-state index in [-0.39, 0.29) is 12.2 Å². The van der Waals surface area contributed by atoms with E-state index in [0.717, 1.165) is 28.8 Å². The van der Waals surface area contributed by atoms with Crippen molar-refractivity contribution >= 4 is 33.6 Å². The van der Waals surface area contributed by atoms with Crippen molar-refractivity contribution in [2.45, 2.75) is 40.2 Å². The van der Waals surface area contributed by atoms with Crippen LogP contribution in [0.15, 0.2) is 35.1 Å². The lowest BCUT2D eigenvalue weighted by molar-refractivity contribution is -0.139. The predicted octanol–water partition coefficient (Wildman–Crippen LogP) is 4.51. The summed E-state index contributed by atoms with van der Waals surface area (Å²) in [6.07, 6.45) is 4.80. The Morgan fingerprint density at radius 2 is 2.10 bits per heavy atom. The first-order valence-electron chi connectivity index (χ1n) is 9.77. The first-order chi connectivity index (χ1) is 14.4. The largest absolute Gasteiger partial charge is 0.454 e. The second kappa shape index (κ2) is 9.51. The van der Waals surface area contributed by atoms with Crippen molar-refractivity contribution in [2.24, 2.45) is 5.92 Å². The van der Waals surface area contributed by atoms with Gasteiger partial charge in [0.15, 0.2) is 0 Å². The van der Waals surface area contributed by atoms with Gasteiger partial charge in [-0.3, -0.25) is 4.79 Å². The molecule has 1 N–H and O–H groups in total. The third-order valence-electron chi connectivity index (χ3n) is 4.96. The van der Waals surface area contributed by atoms with Crippen LogP contribution in [0.1, 0.15) is 47.7 Å². The number of nitrogens with zero attached hydrogens (tertiary/aromatic N) is 2. The van der Waals surface area contributed by atoms with Crippen LogP contribution >= 0.6 is 11.3 Å². The zero-order chi connectivity index (χ0) is 21.7. The zero-order valence-electron chi connectivity index (χ0n) is 17.2. The van der Waals surface area contributed by atoms with Gasteiger partial charge in [-0.15, -0.1) is 11.3 Å². The highest BCUT2D eigenvalue weighted by Gasteiger charge is 2.17. The monoisotopic (exact) mass is 421 g/mol. The quantitative estimate of drug-likeness (QED) is 0.447. The molecule has 1 aromatic carbocycles. The van der Waals surface area contributed by atoms with E-state index in [4.69, 9.17) is 10.00 Å². The fraction of sp³-hybridized carbons (Fsp3) is 0.304. The molecule has 30 heavy (non-hydrogen) atoms.